The van der Waals surface area contributed by atoms with Gasteiger partial charge in [0.15, 0.2) is 11.6 Å². The van der Waals surface area contributed by atoms with Crippen molar-refractivity contribution in [2.45, 2.75) is 0 Å². The molecule has 7 nitrogen and oxygen atoms in total. The molecule has 10 heteroatoms. The number of pyridine rings is 1. The SMILES string of the molecule is C=C(Cl)c1c(Oc2ccc(Nc3cc(Cl)nc(N)n3)cc2F)ccnc1N. The van der Waals surface area contributed by atoms with Crippen LogP contribution in [0.5, 0.6) is 11.5 Å². The first kappa shape index (κ1) is 18.7. The Bertz CT molecular complexity index is 1010. The number of hydrogen-bond acceptors (Lipinski definition) is 7. The first-order valence-corrected chi connectivity index (χ1v) is 8.23. The van der Waals surface area contributed by atoms with Gasteiger partial charge in [0.2, 0.25) is 5.95 Å². The van der Waals surface area contributed by atoms with Gasteiger partial charge in [-0.15, -0.1) is 0 Å². The van der Waals surface area contributed by atoms with E-state index in [9.17, 15) is 4.39 Å². The molecule has 5 N–H and O–H groups in total. The molecule has 0 atom stereocenters. The maximum absolute atomic E-state index is 14.5. The van der Waals surface area contributed by atoms with E-state index in [2.05, 4.69) is 26.8 Å². The molecule has 0 unspecified atom stereocenters. The highest BCUT2D eigenvalue weighted by Gasteiger charge is 2.14. The van der Waals surface area contributed by atoms with Gasteiger partial charge in [0.05, 0.1) is 5.56 Å². The van der Waals surface area contributed by atoms with Crippen LogP contribution >= 0.6 is 23.2 Å². The smallest absolute Gasteiger partial charge is 0.223 e. The summed E-state index contributed by atoms with van der Waals surface area (Å²) in [4.78, 5) is 11.6. The highest BCUT2D eigenvalue weighted by molar-refractivity contribution is 6.49. The number of benzene rings is 1. The molecule has 0 bridgehead atoms. The van der Waals surface area contributed by atoms with Crippen LogP contribution in [-0.4, -0.2) is 15.0 Å². The van der Waals surface area contributed by atoms with Gasteiger partial charge in [-0.2, -0.15) is 4.98 Å². The zero-order valence-electron chi connectivity index (χ0n) is 13.7. The van der Waals surface area contributed by atoms with Crippen molar-refractivity contribution in [3.05, 3.63) is 59.6 Å². The molecule has 0 fully saturated rings. The molecule has 0 saturated heterocycles. The number of aromatic nitrogens is 3. The Kier molecular flexibility index (Phi) is 5.29. The van der Waals surface area contributed by atoms with E-state index < -0.39 is 5.82 Å². The topological polar surface area (TPSA) is 112 Å². The zero-order valence-corrected chi connectivity index (χ0v) is 15.2. The standard InChI is InChI=1S/C17H13Cl2FN6O/c1-8(18)15-12(4-5-23-16(15)21)27-11-3-2-9(6-10(11)20)24-14-7-13(19)25-17(22)26-14/h2-7H,1H2,(H2,21,23)(H3,22,24,25,26). The average Bonchev–Trinajstić information content (AvgIpc) is 2.56. The Morgan fingerprint density at radius 2 is 1.93 bits per heavy atom. The van der Waals surface area contributed by atoms with Crippen LogP contribution in [0.3, 0.4) is 0 Å². The summed E-state index contributed by atoms with van der Waals surface area (Å²) in [6.45, 7) is 3.61. The van der Waals surface area contributed by atoms with E-state index >= 15 is 0 Å². The van der Waals surface area contributed by atoms with Crippen molar-refractivity contribution in [2.24, 2.45) is 0 Å². The van der Waals surface area contributed by atoms with E-state index in [1.807, 2.05) is 0 Å². The van der Waals surface area contributed by atoms with Crippen molar-refractivity contribution in [2.75, 3.05) is 16.8 Å². The van der Waals surface area contributed by atoms with Gasteiger partial charge in [0.1, 0.15) is 22.5 Å². The van der Waals surface area contributed by atoms with Crippen LogP contribution in [0.4, 0.5) is 27.7 Å². The van der Waals surface area contributed by atoms with Crippen LogP contribution in [0.1, 0.15) is 5.56 Å². The number of ether oxygens (including phenoxy) is 1. The van der Waals surface area contributed by atoms with E-state index in [4.69, 9.17) is 39.4 Å². The molecule has 3 aromatic rings. The molecule has 1 aromatic carbocycles. The normalized spacial score (nSPS) is 10.5. The second-order valence-corrected chi connectivity index (χ2v) is 6.12. The summed E-state index contributed by atoms with van der Waals surface area (Å²) in [5, 5.41) is 3.17. The monoisotopic (exact) mass is 406 g/mol. The Balaban J connectivity index is 1.86. The van der Waals surface area contributed by atoms with E-state index in [0.29, 0.717) is 17.1 Å². The van der Waals surface area contributed by atoms with Crippen molar-refractivity contribution in [3.8, 4) is 11.5 Å². The summed E-state index contributed by atoms with van der Waals surface area (Å²) < 4.78 is 20.1. The van der Waals surface area contributed by atoms with Gasteiger partial charge in [-0.25, -0.2) is 14.4 Å². The predicted molar refractivity (Wildman–Crippen MR) is 105 cm³/mol. The van der Waals surface area contributed by atoms with E-state index in [1.165, 1.54) is 30.5 Å². The van der Waals surface area contributed by atoms with Crippen LogP contribution in [0, 0.1) is 5.82 Å². The van der Waals surface area contributed by atoms with Gasteiger partial charge in [-0.1, -0.05) is 29.8 Å². The molecule has 27 heavy (non-hydrogen) atoms. The average molecular weight is 407 g/mol. The molecule has 0 spiro atoms. The van der Waals surface area contributed by atoms with Crippen LogP contribution in [0.25, 0.3) is 5.03 Å². The van der Waals surface area contributed by atoms with E-state index in [1.54, 1.807) is 6.07 Å². The Morgan fingerprint density at radius 1 is 1.15 bits per heavy atom. The Hall–Kier alpha value is -3.10. The third kappa shape index (κ3) is 4.36. The molecule has 2 aromatic heterocycles. The fraction of sp³-hybridized carbons (Fsp3) is 0. The molecule has 0 radical (unpaired) electrons. The highest BCUT2D eigenvalue weighted by atomic mass is 35.5. The van der Waals surface area contributed by atoms with Gasteiger partial charge >= 0.3 is 0 Å². The summed E-state index contributed by atoms with van der Waals surface area (Å²) in [6, 6.07) is 7.21. The van der Waals surface area contributed by atoms with Crippen LogP contribution in [-0.2, 0) is 0 Å². The third-order valence-electron chi connectivity index (χ3n) is 3.35. The fourth-order valence-corrected chi connectivity index (χ4v) is 2.62. The van der Waals surface area contributed by atoms with Crippen molar-refractivity contribution in [1.82, 2.24) is 15.0 Å². The van der Waals surface area contributed by atoms with E-state index in [-0.39, 0.29) is 33.5 Å². The highest BCUT2D eigenvalue weighted by Crippen LogP contribution is 2.35. The molecule has 0 aliphatic carbocycles. The first-order chi connectivity index (χ1) is 12.8. The second kappa shape index (κ2) is 7.65. The van der Waals surface area contributed by atoms with Gasteiger partial charge < -0.3 is 21.5 Å². The Morgan fingerprint density at radius 3 is 2.59 bits per heavy atom. The molecular formula is C17H13Cl2FN6O. The van der Waals surface area contributed by atoms with E-state index in [0.717, 1.165) is 0 Å². The summed E-state index contributed by atoms with van der Waals surface area (Å²) in [5.74, 6) is 0.0137. The maximum atomic E-state index is 14.5. The van der Waals surface area contributed by atoms with Gasteiger partial charge in [0, 0.05) is 29.0 Å². The molecular weight excluding hydrogens is 394 g/mol. The summed E-state index contributed by atoms with van der Waals surface area (Å²) in [7, 11) is 0. The lowest BCUT2D eigenvalue weighted by Gasteiger charge is -2.13. The van der Waals surface area contributed by atoms with Crippen LogP contribution < -0.4 is 21.5 Å². The van der Waals surface area contributed by atoms with Crippen molar-refractivity contribution >= 4 is 51.5 Å². The quantitative estimate of drug-likeness (QED) is 0.531. The number of rotatable bonds is 5. The number of halogens is 3. The molecule has 2 heterocycles. The van der Waals surface area contributed by atoms with Crippen LogP contribution in [0.2, 0.25) is 5.15 Å². The van der Waals surface area contributed by atoms with Gasteiger partial charge in [0.25, 0.3) is 0 Å². The first-order valence-electron chi connectivity index (χ1n) is 7.47. The van der Waals surface area contributed by atoms with Gasteiger partial charge in [-0.3, -0.25) is 0 Å². The molecule has 3 rings (SSSR count). The van der Waals surface area contributed by atoms with Crippen molar-refractivity contribution < 1.29 is 9.13 Å². The lowest BCUT2D eigenvalue weighted by molar-refractivity contribution is 0.441. The van der Waals surface area contributed by atoms with Gasteiger partial charge in [-0.05, 0) is 18.2 Å². The number of nitrogen functional groups attached to an aromatic ring is 2. The number of nitrogens with two attached hydrogens (primary N) is 2. The van der Waals surface area contributed by atoms with Crippen molar-refractivity contribution in [1.29, 1.82) is 0 Å². The molecule has 0 saturated carbocycles. The van der Waals surface area contributed by atoms with Crippen LogP contribution in [0.15, 0.2) is 43.1 Å². The second-order valence-electron chi connectivity index (χ2n) is 5.28. The zero-order chi connectivity index (χ0) is 19.6. The lowest BCUT2D eigenvalue weighted by Crippen LogP contribution is -2.01. The lowest BCUT2D eigenvalue weighted by atomic mass is 10.2. The molecule has 0 amide bonds. The minimum Gasteiger partial charge on any atom is -0.453 e. The molecule has 0 aliphatic rings. The summed E-state index contributed by atoms with van der Waals surface area (Å²) in [5.41, 5.74) is 12.0. The minimum absolute atomic E-state index is 0.00506. The minimum atomic E-state index is -0.630. The number of nitrogens with zero attached hydrogens (tertiary/aromatic N) is 3. The maximum Gasteiger partial charge on any atom is 0.223 e. The number of anilines is 4. The third-order valence-corrected chi connectivity index (χ3v) is 3.73. The fourth-order valence-electron chi connectivity index (χ4n) is 2.24. The number of nitrogens with one attached hydrogen (secondary N) is 1. The molecule has 138 valence electrons. The summed E-state index contributed by atoms with van der Waals surface area (Å²) >= 11 is 11.7. The largest absolute Gasteiger partial charge is 0.453 e. The predicted octanol–water partition coefficient (Wildman–Crippen LogP) is 4.57. The molecule has 0 aliphatic heterocycles. The van der Waals surface area contributed by atoms with Crippen molar-refractivity contribution in [3.63, 3.8) is 0 Å². The number of hydrogen-bond donors (Lipinski definition) is 3. The Labute approximate surface area is 163 Å². The summed E-state index contributed by atoms with van der Waals surface area (Å²) in [6.07, 6.45) is 1.42.